The van der Waals surface area contributed by atoms with Crippen molar-refractivity contribution in [3.05, 3.63) is 59.3 Å². The van der Waals surface area contributed by atoms with E-state index in [-0.39, 0.29) is 29.7 Å². The number of nitrogens with one attached hydrogen (secondary N) is 2. The Bertz CT molecular complexity index is 1360. The van der Waals surface area contributed by atoms with Crippen LogP contribution in [-0.2, 0) is 27.3 Å². The second-order valence-electron chi connectivity index (χ2n) is 10.5. The molecule has 4 heterocycles. The Balaban J connectivity index is 1.30. The maximum atomic E-state index is 12.9. The van der Waals surface area contributed by atoms with Gasteiger partial charge in [0.25, 0.3) is 0 Å². The number of hydrogen-bond donors (Lipinski definition) is 2. The molecule has 1 aromatic carbocycles. The Morgan fingerprint density at radius 3 is 2.67 bits per heavy atom. The fourth-order valence-electron chi connectivity index (χ4n) is 5.08. The van der Waals surface area contributed by atoms with Gasteiger partial charge in [-0.1, -0.05) is 44.2 Å². The molecule has 1 atom stereocenters. The first-order valence-electron chi connectivity index (χ1n) is 13.8. The molecule has 10 nitrogen and oxygen atoms in total. The van der Waals surface area contributed by atoms with Crippen LogP contribution in [0, 0.1) is 0 Å². The molecule has 1 amide bonds. The van der Waals surface area contributed by atoms with Gasteiger partial charge in [0.05, 0.1) is 12.2 Å². The molecule has 10 heteroatoms. The maximum Gasteiger partial charge on any atom is 0.246 e. The lowest BCUT2D eigenvalue weighted by atomic mass is 9.93. The van der Waals surface area contributed by atoms with Gasteiger partial charge in [-0.05, 0) is 49.3 Å². The summed E-state index contributed by atoms with van der Waals surface area (Å²) in [7, 11) is 0. The molecule has 39 heavy (non-hydrogen) atoms. The lowest BCUT2D eigenvalue weighted by Gasteiger charge is -2.39. The van der Waals surface area contributed by atoms with Crippen molar-refractivity contribution in [3.8, 4) is 0 Å². The summed E-state index contributed by atoms with van der Waals surface area (Å²) >= 11 is 0. The summed E-state index contributed by atoms with van der Waals surface area (Å²) < 4.78 is 7.25. The van der Waals surface area contributed by atoms with Gasteiger partial charge in [-0.2, -0.15) is 19.6 Å². The van der Waals surface area contributed by atoms with Crippen LogP contribution < -0.4 is 10.6 Å². The number of ketones is 1. The Morgan fingerprint density at radius 1 is 1.15 bits per heavy atom. The van der Waals surface area contributed by atoms with Crippen molar-refractivity contribution >= 4 is 29.2 Å². The summed E-state index contributed by atoms with van der Waals surface area (Å²) in [4.78, 5) is 36.3. The molecule has 0 saturated carbocycles. The lowest BCUT2D eigenvalue weighted by Crippen LogP contribution is -2.55. The number of likely N-dealkylation sites (tertiary alicyclic amines) is 1. The summed E-state index contributed by atoms with van der Waals surface area (Å²) in [6.45, 7) is 8.68. The number of carbonyl (C=O) groups excluding carboxylic acids is 2. The summed E-state index contributed by atoms with van der Waals surface area (Å²) in [6.07, 6.45) is 7.94. The van der Waals surface area contributed by atoms with Crippen molar-refractivity contribution in [2.45, 2.75) is 71.0 Å². The molecule has 2 aliphatic heterocycles. The summed E-state index contributed by atoms with van der Waals surface area (Å²) in [6, 6.07) is 7.91. The molecule has 206 valence electrons. The lowest BCUT2D eigenvalue weighted by molar-refractivity contribution is -0.142. The van der Waals surface area contributed by atoms with E-state index in [0.717, 1.165) is 54.8 Å². The molecule has 0 bridgehead atoms. The van der Waals surface area contributed by atoms with Crippen molar-refractivity contribution < 1.29 is 14.3 Å². The average Bonchev–Trinajstić information content (AvgIpc) is 3.32. The second-order valence-corrected chi connectivity index (χ2v) is 10.5. The van der Waals surface area contributed by atoms with Crippen LogP contribution in [0.25, 0.3) is 5.65 Å². The van der Waals surface area contributed by atoms with Gasteiger partial charge in [0.2, 0.25) is 17.8 Å². The van der Waals surface area contributed by atoms with Crippen LogP contribution in [0.4, 0.5) is 11.9 Å². The summed E-state index contributed by atoms with van der Waals surface area (Å²) in [5.74, 6) is 1.44. The molecule has 2 saturated heterocycles. The number of Topliss-reactive ketones (excluding diaryl/α,β-unsaturated/α-hetero) is 1. The number of hydrogen-bond acceptors (Lipinski definition) is 8. The number of rotatable bonds is 10. The average molecular weight is 532 g/mol. The van der Waals surface area contributed by atoms with Crippen LogP contribution in [0.2, 0.25) is 0 Å². The fourth-order valence-corrected chi connectivity index (χ4v) is 5.08. The van der Waals surface area contributed by atoms with Gasteiger partial charge in [0.15, 0.2) is 11.4 Å². The molecule has 2 aliphatic rings. The number of fused-ring (bicyclic) bond motifs is 1. The fraction of sp³-hybridized carbons (Fsp3) is 0.483. The molecule has 5 rings (SSSR count). The van der Waals surface area contributed by atoms with E-state index >= 15 is 0 Å². The number of amides is 1. The second kappa shape index (κ2) is 11.9. The van der Waals surface area contributed by atoms with Gasteiger partial charge < -0.3 is 20.3 Å². The highest BCUT2D eigenvalue weighted by molar-refractivity contribution is 5.95. The zero-order valence-electron chi connectivity index (χ0n) is 22.9. The first kappa shape index (κ1) is 26.8. The Morgan fingerprint density at radius 2 is 1.95 bits per heavy atom. The van der Waals surface area contributed by atoms with E-state index in [2.05, 4.69) is 29.6 Å². The minimum atomic E-state index is -0.332. The van der Waals surface area contributed by atoms with Crippen LogP contribution in [-0.4, -0.2) is 68.0 Å². The third-order valence-corrected chi connectivity index (χ3v) is 7.38. The zero-order valence-corrected chi connectivity index (χ0v) is 22.9. The van der Waals surface area contributed by atoms with Crippen LogP contribution in [0.5, 0.6) is 0 Å². The van der Waals surface area contributed by atoms with Gasteiger partial charge in [0, 0.05) is 44.3 Å². The number of carbonyl (C=O) groups is 2. The number of anilines is 2. The highest BCUT2D eigenvalue weighted by atomic mass is 16.5. The third kappa shape index (κ3) is 6.11. The van der Waals surface area contributed by atoms with E-state index in [0.29, 0.717) is 31.4 Å². The van der Waals surface area contributed by atoms with Crippen LogP contribution >= 0.6 is 0 Å². The van der Waals surface area contributed by atoms with Gasteiger partial charge >= 0.3 is 0 Å². The van der Waals surface area contributed by atoms with E-state index in [4.69, 9.17) is 14.7 Å². The monoisotopic (exact) mass is 531 g/mol. The Hall–Kier alpha value is -3.79. The Kier molecular flexibility index (Phi) is 8.21. The number of aromatic nitrogens is 4. The van der Waals surface area contributed by atoms with Gasteiger partial charge in [-0.3, -0.25) is 9.59 Å². The van der Waals surface area contributed by atoms with Gasteiger partial charge in [0.1, 0.15) is 0 Å². The van der Waals surface area contributed by atoms with Crippen LogP contribution in [0.15, 0.2) is 42.6 Å². The molecule has 3 aromatic rings. The minimum absolute atomic E-state index is 0.0725. The quantitative estimate of drug-likeness (QED) is 0.381. The van der Waals surface area contributed by atoms with E-state index in [1.165, 1.54) is 6.08 Å². The predicted molar refractivity (Wildman–Crippen MR) is 150 cm³/mol. The largest absolute Gasteiger partial charge is 0.381 e. The normalized spacial score (nSPS) is 18.1. The zero-order chi connectivity index (χ0) is 27.4. The number of nitrogens with zero attached hydrogens (tertiary/aromatic N) is 5. The molecule has 1 unspecified atom stereocenters. The topological polar surface area (TPSA) is 114 Å². The SMILES string of the molecule is C/C=C/C(=O)N1CCC1C(=O)Cc1cccc(CNc2nc(NC3CCOCC3)nc3c(C(C)C)cnn23)c1. The van der Waals surface area contributed by atoms with Gasteiger partial charge in [-0.15, -0.1) is 0 Å². The molecular weight excluding hydrogens is 494 g/mol. The van der Waals surface area contributed by atoms with E-state index in [1.54, 1.807) is 22.4 Å². The van der Waals surface area contributed by atoms with E-state index in [1.807, 2.05) is 30.5 Å². The van der Waals surface area contributed by atoms with Crippen molar-refractivity contribution in [1.29, 1.82) is 0 Å². The molecule has 2 N–H and O–H groups in total. The van der Waals surface area contributed by atoms with Gasteiger partial charge in [-0.25, -0.2) is 0 Å². The van der Waals surface area contributed by atoms with Crippen molar-refractivity contribution in [1.82, 2.24) is 24.5 Å². The van der Waals surface area contributed by atoms with Crippen molar-refractivity contribution in [2.75, 3.05) is 30.4 Å². The molecule has 0 spiro atoms. The minimum Gasteiger partial charge on any atom is -0.381 e. The Labute approximate surface area is 228 Å². The predicted octanol–water partition coefficient (Wildman–Crippen LogP) is 3.74. The van der Waals surface area contributed by atoms with E-state index < -0.39 is 0 Å². The standard InChI is InChI=1S/C29H37N7O3/c1-4-6-26(38)35-12-9-24(35)25(37)16-20-7-5-8-21(15-20)17-30-29-34-28(32-22-10-13-39-14-11-22)33-27-23(19(2)3)18-31-36(27)29/h4-8,15,18-19,22,24H,9-14,16-17H2,1-3H3,(H2,30,32,33,34)/b6-4+. The first-order valence-corrected chi connectivity index (χ1v) is 13.8. The van der Waals surface area contributed by atoms with E-state index in [9.17, 15) is 9.59 Å². The first-order chi connectivity index (χ1) is 18.9. The maximum absolute atomic E-state index is 12.9. The number of ether oxygens (including phenoxy) is 1. The van der Waals surface area contributed by atoms with Crippen LogP contribution in [0.1, 0.15) is 62.6 Å². The highest BCUT2D eigenvalue weighted by Gasteiger charge is 2.36. The van der Waals surface area contributed by atoms with Crippen molar-refractivity contribution in [3.63, 3.8) is 0 Å². The molecule has 0 radical (unpaired) electrons. The molecule has 2 fully saturated rings. The van der Waals surface area contributed by atoms with Crippen LogP contribution in [0.3, 0.4) is 0 Å². The smallest absolute Gasteiger partial charge is 0.246 e. The highest BCUT2D eigenvalue weighted by Crippen LogP contribution is 2.24. The summed E-state index contributed by atoms with van der Waals surface area (Å²) in [5.41, 5.74) is 3.81. The third-order valence-electron chi connectivity index (χ3n) is 7.38. The molecular formula is C29H37N7O3. The van der Waals surface area contributed by atoms with Crippen molar-refractivity contribution in [2.24, 2.45) is 0 Å². The molecule has 2 aromatic heterocycles. The number of allylic oxidation sites excluding steroid dienone is 1. The number of benzene rings is 1. The summed E-state index contributed by atoms with van der Waals surface area (Å²) in [5, 5.41) is 11.5. The molecule has 0 aliphatic carbocycles.